The van der Waals surface area contributed by atoms with Gasteiger partial charge in [-0.1, -0.05) is 26.0 Å². The summed E-state index contributed by atoms with van der Waals surface area (Å²) >= 11 is 0. The summed E-state index contributed by atoms with van der Waals surface area (Å²) < 4.78 is 0. The van der Waals surface area contributed by atoms with E-state index in [-0.39, 0.29) is 5.69 Å². The fraction of sp³-hybridized carbons (Fsp3) is 0.222. The van der Waals surface area contributed by atoms with E-state index in [9.17, 15) is 9.70 Å². The van der Waals surface area contributed by atoms with E-state index in [0.29, 0.717) is 11.8 Å². The molecule has 0 saturated heterocycles. The molecule has 0 bridgehead atoms. The minimum Gasteiger partial charge on any atom is -0.298 e. The van der Waals surface area contributed by atoms with Gasteiger partial charge < -0.3 is 0 Å². The fourth-order valence-corrected chi connectivity index (χ4v) is 0.670. The van der Waals surface area contributed by atoms with Crippen molar-refractivity contribution in [1.29, 1.82) is 0 Å². The molecule has 3 heteroatoms. The Hall–Kier alpha value is -1.51. The molecule has 1 rings (SSSR count). The highest BCUT2D eigenvalue weighted by Gasteiger charge is 1.96. The Morgan fingerprint density at radius 2 is 1.83 bits per heavy atom. The fourth-order valence-electron chi connectivity index (χ4n) is 0.670. The van der Waals surface area contributed by atoms with Crippen LogP contribution in [0.25, 0.3) is 0 Å². The van der Waals surface area contributed by atoms with Crippen LogP contribution in [0.3, 0.4) is 0 Å². The number of hydrogen-bond donors (Lipinski definition) is 0. The van der Waals surface area contributed by atoms with Gasteiger partial charge in [-0.15, -0.1) is 4.91 Å². The third kappa shape index (κ3) is 2.62. The normalized spacial score (nSPS) is 7.83. The molecule has 0 atom stereocenters. The van der Waals surface area contributed by atoms with Gasteiger partial charge in [0.05, 0.1) is 0 Å². The SMILES string of the molecule is CC.O=Cc1ccccc1N=O. The molecule has 1 aromatic carbocycles. The first kappa shape index (κ1) is 10.5. The lowest BCUT2D eigenvalue weighted by atomic mass is 10.2. The van der Waals surface area contributed by atoms with E-state index < -0.39 is 0 Å². The van der Waals surface area contributed by atoms with Crippen LogP contribution in [0.5, 0.6) is 0 Å². The Labute approximate surface area is 71.4 Å². The third-order valence-corrected chi connectivity index (χ3v) is 1.16. The quantitative estimate of drug-likeness (QED) is 0.499. The molecular formula is C9H11NO2. The van der Waals surface area contributed by atoms with Crippen LogP contribution in [0.2, 0.25) is 0 Å². The number of benzene rings is 1. The molecule has 0 aliphatic heterocycles. The predicted molar refractivity (Wildman–Crippen MR) is 48.6 cm³/mol. The van der Waals surface area contributed by atoms with Gasteiger partial charge in [-0.2, -0.15) is 0 Å². The number of hydrogen-bond acceptors (Lipinski definition) is 3. The molecule has 0 aromatic heterocycles. The zero-order chi connectivity index (χ0) is 9.40. The number of rotatable bonds is 2. The Morgan fingerprint density at radius 1 is 1.25 bits per heavy atom. The molecule has 0 saturated carbocycles. The van der Waals surface area contributed by atoms with Gasteiger partial charge in [0, 0.05) is 5.56 Å². The van der Waals surface area contributed by atoms with Crippen molar-refractivity contribution >= 4 is 12.0 Å². The lowest BCUT2D eigenvalue weighted by molar-refractivity contribution is 0.112. The molecule has 0 aliphatic carbocycles. The van der Waals surface area contributed by atoms with Crippen LogP contribution in [0.1, 0.15) is 24.2 Å². The average molecular weight is 165 g/mol. The summed E-state index contributed by atoms with van der Waals surface area (Å²) in [4.78, 5) is 20.2. The zero-order valence-corrected chi connectivity index (χ0v) is 7.15. The Balaban J connectivity index is 0.000000561. The van der Waals surface area contributed by atoms with Gasteiger partial charge in [0.25, 0.3) is 0 Å². The van der Waals surface area contributed by atoms with Crippen molar-refractivity contribution in [3.63, 3.8) is 0 Å². The van der Waals surface area contributed by atoms with Crippen molar-refractivity contribution in [3.05, 3.63) is 34.7 Å². The summed E-state index contributed by atoms with van der Waals surface area (Å²) in [5.74, 6) is 0. The lowest BCUT2D eigenvalue weighted by Gasteiger charge is -1.89. The minimum absolute atomic E-state index is 0.192. The lowest BCUT2D eigenvalue weighted by Crippen LogP contribution is -1.77. The standard InChI is InChI=1S/C7H5NO2.C2H6/c9-5-6-3-1-2-4-7(6)8-10;1-2/h1-5H;1-2H3. The summed E-state index contributed by atoms with van der Waals surface area (Å²) in [6.45, 7) is 4.00. The first-order valence-corrected chi connectivity index (χ1v) is 3.76. The van der Waals surface area contributed by atoms with Crippen molar-refractivity contribution in [1.82, 2.24) is 0 Å². The monoisotopic (exact) mass is 165 g/mol. The van der Waals surface area contributed by atoms with Crippen LogP contribution in [-0.4, -0.2) is 6.29 Å². The molecule has 0 spiro atoms. The summed E-state index contributed by atoms with van der Waals surface area (Å²) in [6, 6.07) is 6.38. The second kappa shape index (κ2) is 6.22. The molecule has 64 valence electrons. The smallest absolute Gasteiger partial charge is 0.152 e. The number of nitroso groups, excluding NO2 is 1. The van der Waals surface area contributed by atoms with Crippen molar-refractivity contribution < 1.29 is 4.79 Å². The highest BCUT2D eigenvalue weighted by Crippen LogP contribution is 2.14. The molecule has 0 N–H and O–H groups in total. The van der Waals surface area contributed by atoms with Crippen LogP contribution < -0.4 is 0 Å². The second-order valence-corrected chi connectivity index (χ2v) is 1.77. The molecular weight excluding hydrogens is 154 g/mol. The molecule has 0 fully saturated rings. The van der Waals surface area contributed by atoms with Crippen LogP contribution >= 0.6 is 0 Å². The summed E-state index contributed by atoms with van der Waals surface area (Å²) in [6.07, 6.45) is 0.608. The molecule has 0 heterocycles. The van der Waals surface area contributed by atoms with Gasteiger partial charge in [0.1, 0.15) is 5.69 Å². The molecule has 12 heavy (non-hydrogen) atoms. The predicted octanol–water partition coefficient (Wildman–Crippen LogP) is 2.92. The number of aldehydes is 1. The van der Waals surface area contributed by atoms with Crippen LogP contribution in [-0.2, 0) is 0 Å². The van der Waals surface area contributed by atoms with E-state index in [1.54, 1.807) is 18.2 Å². The molecule has 1 aromatic rings. The first-order valence-electron chi connectivity index (χ1n) is 3.76. The number of carbonyl (C=O) groups excluding carboxylic acids is 1. The average Bonchev–Trinajstić information content (AvgIpc) is 2.20. The van der Waals surface area contributed by atoms with Crippen molar-refractivity contribution in [2.75, 3.05) is 0 Å². The Morgan fingerprint density at radius 3 is 2.25 bits per heavy atom. The van der Waals surface area contributed by atoms with Crippen molar-refractivity contribution in [2.45, 2.75) is 13.8 Å². The van der Waals surface area contributed by atoms with Gasteiger partial charge in [-0.05, 0) is 17.3 Å². The highest BCUT2D eigenvalue weighted by atomic mass is 16.3. The summed E-state index contributed by atoms with van der Waals surface area (Å²) in [7, 11) is 0. The number of nitrogens with zero attached hydrogens (tertiary/aromatic N) is 1. The van der Waals surface area contributed by atoms with E-state index in [2.05, 4.69) is 5.18 Å². The Bertz CT molecular complexity index is 231. The van der Waals surface area contributed by atoms with Crippen LogP contribution in [0.15, 0.2) is 29.4 Å². The number of carbonyl (C=O) groups is 1. The van der Waals surface area contributed by atoms with Gasteiger partial charge in [-0.25, -0.2) is 0 Å². The zero-order valence-electron chi connectivity index (χ0n) is 7.15. The molecule has 0 unspecified atom stereocenters. The maximum atomic E-state index is 10.2. The highest BCUT2D eigenvalue weighted by molar-refractivity contribution is 5.82. The molecule has 3 nitrogen and oxygen atoms in total. The molecule has 0 radical (unpaired) electrons. The Kier molecular flexibility index (Phi) is 5.43. The van der Waals surface area contributed by atoms with E-state index in [0.717, 1.165) is 0 Å². The molecule has 0 aliphatic rings. The minimum atomic E-state index is 0.192. The van der Waals surface area contributed by atoms with Gasteiger partial charge in [0.15, 0.2) is 6.29 Å². The van der Waals surface area contributed by atoms with Gasteiger partial charge in [-0.3, -0.25) is 4.79 Å². The topological polar surface area (TPSA) is 46.5 Å². The van der Waals surface area contributed by atoms with Crippen LogP contribution in [0.4, 0.5) is 5.69 Å². The second-order valence-electron chi connectivity index (χ2n) is 1.77. The van der Waals surface area contributed by atoms with E-state index in [1.807, 2.05) is 13.8 Å². The van der Waals surface area contributed by atoms with Crippen molar-refractivity contribution in [3.8, 4) is 0 Å². The van der Waals surface area contributed by atoms with E-state index in [4.69, 9.17) is 0 Å². The third-order valence-electron chi connectivity index (χ3n) is 1.16. The molecule has 0 amide bonds. The summed E-state index contributed by atoms with van der Waals surface area (Å²) in [5, 5.41) is 2.66. The first-order chi connectivity index (χ1) is 5.88. The van der Waals surface area contributed by atoms with Gasteiger partial charge >= 0.3 is 0 Å². The van der Waals surface area contributed by atoms with Gasteiger partial charge in [0.2, 0.25) is 0 Å². The maximum Gasteiger partial charge on any atom is 0.152 e. The van der Waals surface area contributed by atoms with Crippen molar-refractivity contribution in [2.24, 2.45) is 5.18 Å². The summed E-state index contributed by atoms with van der Waals surface area (Å²) in [5.41, 5.74) is 0.523. The largest absolute Gasteiger partial charge is 0.298 e. The maximum absolute atomic E-state index is 10.2. The van der Waals surface area contributed by atoms with E-state index >= 15 is 0 Å². The van der Waals surface area contributed by atoms with E-state index in [1.165, 1.54) is 6.07 Å². The van der Waals surface area contributed by atoms with Crippen LogP contribution in [0, 0.1) is 4.91 Å².